The third-order valence-corrected chi connectivity index (χ3v) is 7.01. The molecule has 0 spiro atoms. The first kappa shape index (κ1) is 32.3. The summed E-state index contributed by atoms with van der Waals surface area (Å²) < 4.78 is 20.7. The number of carbonyl (C=O) groups excluding carboxylic acids is 2. The number of hydrogen-bond donors (Lipinski definition) is 6. The fourth-order valence-electron chi connectivity index (χ4n) is 3.34. The lowest BCUT2D eigenvalue weighted by Crippen LogP contribution is -2.64. The topological polar surface area (TPSA) is 192 Å². The number of rotatable bonds is 16. The SMILES string of the molecule is CCCCCC(=O)OC[C@@H](COP(O)(=S)OC1[C@H](O)[C@H](O)C(O)[C@H](O)[C@H]1O)OC(=O)CCCCC. The number of ether oxygens (including phenoxy) is 2. The summed E-state index contributed by atoms with van der Waals surface area (Å²) in [5.74, 6) is -1.04. The van der Waals surface area contributed by atoms with Crippen molar-refractivity contribution in [3.63, 3.8) is 0 Å². The first-order chi connectivity index (χ1) is 16.4. The second-order valence-corrected chi connectivity index (χ2v) is 11.3. The van der Waals surface area contributed by atoms with Gasteiger partial charge in [-0.1, -0.05) is 39.5 Å². The fourth-order valence-corrected chi connectivity index (χ4v) is 4.79. The molecule has 0 saturated heterocycles. The number of carbonyl (C=O) groups is 2. The van der Waals surface area contributed by atoms with E-state index in [0.717, 1.165) is 25.7 Å². The van der Waals surface area contributed by atoms with Gasteiger partial charge in [-0.05, 0) is 24.6 Å². The highest BCUT2D eigenvalue weighted by molar-refractivity contribution is 8.07. The van der Waals surface area contributed by atoms with Crippen LogP contribution in [0.2, 0.25) is 0 Å². The van der Waals surface area contributed by atoms with Crippen molar-refractivity contribution >= 4 is 30.5 Å². The molecule has 3 unspecified atom stereocenters. The zero-order valence-electron chi connectivity index (χ0n) is 20.1. The van der Waals surface area contributed by atoms with Crippen LogP contribution >= 0.6 is 6.72 Å². The Labute approximate surface area is 210 Å². The third kappa shape index (κ3) is 11.5. The average molecular weight is 547 g/mol. The molecule has 0 radical (unpaired) electrons. The van der Waals surface area contributed by atoms with Gasteiger partial charge >= 0.3 is 18.7 Å². The highest BCUT2D eigenvalue weighted by Gasteiger charge is 2.50. The van der Waals surface area contributed by atoms with E-state index in [1.54, 1.807) is 0 Å². The monoisotopic (exact) mass is 546 g/mol. The van der Waals surface area contributed by atoms with Gasteiger partial charge in [-0.2, -0.15) is 0 Å². The third-order valence-electron chi connectivity index (χ3n) is 5.45. The highest BCUT2D eigenvalue weighted by atomic mass is 32.5. The van der Waals surface area contributed by atoms with E-state index in [4.69, 9.17) is 30.3 Å². The smallest absolute Gasteiger partial charge is 0.325 e. The molecule has 1 fully saturated rings. The second kappa shape index (κ2) is 16.2. The van der Waals surface area contributed by atoms with Crippen LogP contribution in [0.1, 0.15) is 65.2 Å². The standard InChI is InChI=1S/C21H39O12PS/c1-3-5-7-9-14(22)30-11-13(32-15(23)10-8-6-4-2)12-31-34(29,35)33-21-19(27)17(25)16(24)18(26)20(21)28/h13,16-21,24-28H,3-12H2,1-2H3,(H,29,35)/t13-,16?,17-,18+,19+,20+,21?,34?/m0/s1. The van der Waals surface area contributed by atoms with E-state index in [1.165, 1.54) is 0 Å². The normalized spacial score (nSPS) is 29.3. The molecule has 8 atom stereocenters. The number of esters is 2. The molecule has 206 valence electrons. The summed E-state index contributed by atoms with van der Waals surface area (Å²) in [4.78, 5) is 34.5. The largest absolute Gasteiger partial charge is 0.462 e. The molecule has 14 heteroatoms. The van der Waals surface area contributed by atoms with E-state index in [2.05, 4.69) is 0 Å². The molecule has 12 nitrogen and oxygen atoms in total. The van der Waals surface area contributed by atoms with Crippen molar-refractivity contribution in [3.8, 4) is 0 Å². The van der Waals surface area contributed by atoms with E-state index in [-0.39, 0.29) is 19.4 Å². The molecule has 1 aliphatic carbocycles. The van der Waals surface area contributed by atoms with Crippen molar-refractivity contribution in [2.45, 2.75) is 108 Å². The number of hydrogen-bond acceptors (Lipinski definition) is 12. The number of aliphatic hydroxyl groups is 5. The summed E-state index contributed by atoms with van der Waals surface area (Å²) in [7, 11) is 0. The Balaban J connectivity index is 2.74. The van der Waals surface area contributed by atoms with Crippen LogP contribution in [-0.2, 0) is 39.9 Å². The van der Waals surface area contributed by atoms with Gasteiger partial charge < -0.3 is 44.4 Å². The molecule has 6 N–H and O–H groups in total. The van der Waals surface area contributed by atoms with Gasteiger partial charge in [-0.15, -0.1) is 0 Å². The van der Waals surface area contributed by atoms with Gasteiger partial charge in [0.15, 0.2) is 6.10 Å². The van der Waals surface area contributed by atoms with Gasteiger partial charge in [0.1, 0.15) is 43.2 Å². The Morgan fingerprint density at radius 1 is 0.800 bits per heavy atom. The summed E-state index contributed by atoms with van der Waals surface area (Å²) in [6, 6.07) is 0. The van der Waals surface area contributed by atoms with Crippen molar-refractivity contribution in [1.29, 1.82) is 0 Å². The maximum Gasteiger partial charge on any atom is 0.325 e. The summed E-state index contributed by atoms with van der Waals surface area (Å²) in [5, 5.41) is 49.4. The number of unbranched alkanes of at least 4 members (excludes halogenated alkanes) is 4. The van der Waals surface area contributed by atoms with Crippen LogP contribution in [0.4, 0.5) is 0 Å². The molecule has 1 rings (SSSR count). The van der Waals surface area contributed by atoms with Crippen molar-refractivity contribution in [3.05, 3.63) is 0 Å². The van der Waals surface area contributed by atoms with Gasteiger partial charge in [0.25, 0.3) is 0 Å². The molecule has 1 aliphatic rings. The molecule has 0 bridgehead atoms. The molecule has 0 aromatic heterocycles. The van der Waals surface area contributed by atoms with E-state index < -0.39 is 68.0 Å². The Kier molecular flexibility index (Phi) is 14.9. The Morgan fingerprint density at radius 3 is 1.80 bits per heavy atom. The van der Waals surface area contributed by atoms with E-state index in [0.29, 0.717) is 12.8 Å². The quantitative estimate of drug-likeness (QED) is 0.0864. The number of aliphatic hydroxyl groups excluding tert-OH is 5. The van der Waals surface area contributed by atoms with E-state index in [1.807, 2.05) is 13.8 Å². The van der Waals surface area contributed by atoms with Crippen molar-refractivity contribution in [1.82, 2.24) is 0 Å². The molecule has 0 aromatic rings. The van der Waals surface area contributed by atoms with Crippen LogP contribution in [0.5, 0.6) is 0 Å². The molecular weight excluding hydrogens is 507 g/mol. The van der Waals surface area contributed by atoms with Gasteiger partial charge in [-0.25, -0.2) is 0 Å². The Bertz CT molecular complexity index is 679. The van der Waals surface area contributed by atoms with Crippen LogP contribution in [0.3, 0.4) is 0 Å². The summed E-state index contributed by atoms with van der Waals surface area (Å²) >= 11 is 4.89. The maximum absolute atomic E-state index is 12.1. The van der Waals surface area contributed by atoms with Crippen LogP contribution in [-0.4, -0.2) is 98.3 Å². The minimum Gasteiger partial charge on any atom is -0.462 e. The molecule has 1 saturated carbocycles. The van der Waals surface area contributed by atoms with Gasteiger partial charge in [-0.3, -0.25) is 14.1 Å². The summed E-state index contributed by atoms with van der Waals surface area (Å²) in [6.45, 7) is -1.13. The average Bonchev–Trinajstić information content (AvgIpc) is 2.81. The lowest BCUT2D eigenvalue weighted by molar-refractivity contribution is -0.218. The second-order valence-electron chi connectivity index (χ2n) is 8.50. The van der Waals surface area contributed by atoms with Crippen LogP contribution < -0.4 is 0 Å². The molecule has 0 aromatic carbocycles. The summed E-state index contributed by atoms with van der Waals surface area (Å²) in [6.07, 6.45) is -7.17. The lowest BCUT2D eigenvalue weighted by Gasteiger charge is -2.42. The van der Waals surface area contributed by atoms with Gasteiger partial charge in [0, 0.05) is 12.8 Å². The van der Waals surface area contributed by atoms with E-state index in [9.17, 15) is 40.0 Å². The minimum absolute atomic E-state index is 0.136. The van der Waals surface area contributed by atoms with Crippen LogP contribution in [0.25, 0.3) is 0 Å². The van der Waals surface area contributed by atoms with Crippen molar-refractivity contribution < 1.29 is 58.5 Å². The summed E-state index contributed by atoms with van der Waals surface area (Å²) in [5.41, 5.74) is 0. The Morgan fingerprint density at radius 2 is 1.29 bits per heavy atom. The van der Waals surface area contributed by atoms with Crippen LogP contribution in [0.15, 0.2) is 0 Å². The lowest BCUT2D eigenvalue weighted by atomic mass is 9.85. The van der Waals surface area contributed by atoms with Crippen molar-refractivity contribution in [2.24, 2.45) is 0 Å². The highest BCUT2D eigenvalue weighted by Crippen LogP contribution is 2.47. The maximum atomic E-state index is 12.1. The predicted molar refractivity (Wildman–Crippen MR) is 126 cm³/mol. The Hall–Kier alpha value is -0.730. The van der Waals surface area contributed by atoms with Gasteiger partial charge in [0.2, 0.25) is 0 Å². The molecule has 0 amide bonds. The minimum atomic E-state index is -4.22. The van der Waals surface area contributed by atoms with Crippen LogP contribution in [0, 0.1) is 0 Å². The zero-order chi connectivity index (χ0) is 26.6. The van der Waals surface area contributed by atoms with E-state index >= 15 is 0 Å². The molecule has 35 heavy (non-hydrogen) atoms. The van der Waals surface area contributed by atoms with Crippen molar-refractivity contribution in [2.75, 3.05) is 13.2 Å². The van der Waals surface area contributed by atoms with Gasteiger partial charge in [0.05, 0.1) is 6.61 Å². The first-order valence-electron chi connectivity index (χ1n) is 11.8. The predicted octanol–water partition coefficient (Wildman–Crippen LogP) is 0.0387. The molecular formula is C21H39O12PS. The molecule has 0 aliphatic heterocycles. The first-order valence-corrected chi connectivity index (χ1v) is 14.4. The molecule has 0 heterocycles. The fraction of sp³-hybridized carbons (Fsp3) is 0.905. The zero-order valence-corrected chi connectivity index (χ0v) is 21.8.